The van der Waals surface area contributed by atoms with Gasteiger partial charge in [-0.05, 0) is 0 Å². The van der Waals surface area contributed by atoms with Crippen LogP contribution in [0.4, 0.5) is 11.4 Å². The Bertz CT molecular complexity index is 1250. The van der Waals surface area contributed by atoms with Gasteiger partial charge in [0.2, 0.25) is 0 Å². The zero-order valence-electron chi connectivity index (χ0n) is 18.7. The van der Waals surface area contributed by atoms with Gasteiger partial charge in [-0.3, -0.25) is 24.7 Å². The molecule has 3 aromatic rings. The molecule has 12 heteroatoms. The Morgan fingerprint density at radius 2 is 1.40 bits per heavy atom. The highest BCUT2D eigenvalue weighted by atomic mass is 35.5. The third-order valence-corrected chi connectivity index (χ3v) is 6.06. The molecule has 10 nitrogen and oxygen atoms in total. The first-order chi connectivity index (χ1) is 17.0. The fourth-order valence-electron chi connectivity index (χ4n) is 3.98. The molecule has 1 aliphatic rings. The number of anilines is 2. The summed E-state index contributed by atoms with van der Waals surface area (Å²) in [4.78, 5) is 35.7. The number of aromatic amines is 1. The van der Waals surface area contributed by atoms with Crippen LogP contribution in [0.3, 0.4) is 0 Å². The number of benzene rings is 2. The normalized spacial score (nSPS) is 13.7. The van der Waals surface area contributed by atoms with Crippen molar-refractivity contribution in [1.29, 1.82) is 0 Å². The largest absolute Gasteiger partial charge is 0.386 e. The van der Waals surface area contributed by atoms with Crippen LogP contribution in [-0.2, 0) is 0 Å². The summed E-state index contributed by atoms with van der Waals surface area (Å²) in [6, 6.07) is 6.78. The summed E-state index contributed by atoms with van der Waals surface area (Å²) in [5.74, 6) is 0.389. The summed E-state index contributed by atoms with van der Waals surface area (Å²) in [7, 11) is 0. The molecule has 1 aliphatic carbocycles. The van der Waals surface area contributed by atoms with Gasteiger partial charge >= 0.3 is 0 Å². The average molecular weight is 515 g/mol. The molecular weight excluding hydrogens is 491 g/mol. The minimum atomic E-state index is -0.259. The van der Waals surface area contributed by atoms with E-state index >= 15 is 0 Å². The maximum atomic E-state index is 13.7. The van der Waals surface area contributed by atoms with E-state index in [9.17, 15) is 9.59 Å². The Balaban J connectivity index is 1.81. The predicted octanol–water partition coefficient (Wildman–Crippen LogP) is 2.35. The molecule has 0 saturated carbocycles. The number of carbonyl (C=O) groups excluding carboxylic acids is 2. The Morgan fingerprint density at radius 3 is 1.94 bits per heavy atom. The van der Waals surface area contributed by atoms with E-state index in [4.69, 9.17) is 34.7 Å². The van der Waals surface area contributed by atoms with Crippen LogP contribution in [0.5, 0.6) is 0 Å². The zero-order chi connectivity index (χ0) is 24.9. The van der Waals surface area contributed by atoms with Crippen molar-refractivity contribution in [3.63, 3.8) is 0 Å². The minimum absolute atomic E-state index is 0.130. The smallest absolute Gasteiger partial charge is 0.196 e. The van der Waals surface area contributed by atoms with Crippen LogP contribution < -0.4 is 22.1 Å². The fourth-order valence-corrected chi connectivity index (χ4v) is 4.15. The van der Waals surface area contributed by atoms with Crippen molar-refractivity contribution < 1.29 is 9.59 Å². The van der Waals surface area contributed by atoms with Gasteiger partial charge in [0.1, 0.15) is 11.7 Å². The molecule has 0 atom stereocenters. The lowest BCUT2D eigenvalue weighted by molar-refractivity contribution is 0.0980. The van der Waals surface area contributed by atoms with Gasteiger partial charge in [-0.25, -0.2) is 0 Å². The summed E-state index contributed by atoms with van der Waals surface area (Å²) in [5.41, 5.74) is 14.2. The fraction of sp³-hybridized carbons (Fsp3) is 0.261. The van der Waals surface area contributed by atoms with Gasteiger partial charge in [0.05, 0.1) is 59.1 Å². The molecule has 0 radical (unpaired) electrons. The van der Waals surface area contributed by atoms with Gasteiger partial charge in [-0.15, -0.1) is 23.2 Å². The lowest BCUT2D eigenvalue weighted by Crippen LogP contribution is -2.25. The molecule has 4 rings (SSSR count). The number of nitrogens with two attached hydrogens (primary N) is 2. The number of carbonyl (C=O) groups is 2. The maximum absolute atomic E-state index is 13.7. The number of hydrogen-bond donors (Lipinski definition) is 5. The SMILES string of the molecule is NC(CCl)=NCCNc1c2c(c(NCCN=C(N)CCl)c3[nH]ncc13)C(=O)c1ccccc1C2=O. The summed E-state index contributed by atoms with van der Waals surface area (Å²) in [6.45, 7) is 1.40. The molecule has 0 spiro atoms. The number of ketones is 2. The van der Waals surface area contributed by atoms with Crippen molar-refractivity contribution in [3.05, 3.63) is 52.7 Å². The number of amidine groups is 2. The number of nitrogens with one attached hydrogen (secondary N) is 3. The highest BCUT2D eigenvalue weighted by Crippen LogP contribution is 2.42. The highest BCUT2D eigenvalue weighted by Gasteiger charge is 2.36. The molecule has 35 heavy (non-hydrogen) atoms. The van der Waals surface area contributed by atoms with Crippen LogP contribution in [0, 0.1) is 0 Å². The van der Waals surface area contributed by atoms with E-state index in [0.29, 0.717) is 71.3 Å². The van der Waals surface area contributed by atoms with E-state index in [1.165, 1.54) is 0 Å². The van der Waals surface area contributed by atoms with Crippen molar-refractivity contribution in [2.45, 2.75) is 0 Å². The summed E-state index contributed by atoms with van der Waals surface area (Å²) in [6.07, 6.45) is 1.61. The minimum Gasteiger partial charge on any atom is -0.386 e. The molecule has 1 heterocycles. The van der Waals surface area contributed by atoms with Crippen molar-refractivity contribution in [2.75, 3.05) is 48.6 Å². The first-order valence-electron chi connectivity index (χ1n) is 10.9. The van der Waals surface area contributed by atoms with Crippen molar-refractivity contribution >= 4 is 68.7 Å². The van der Waals surface area contributed by atoms with E-state index in [2.05, 4.69) is 30.8 Å². The summed E-state index contributed by atoms with van der Waals surface area (Å²) < 4.78 is 0. The molecule has 7 N–H and O–H groups in total. The third kappa shape index (κ3) is 4.80. The average Bonchev–Trinajstić information content (AvgIpc) is 3.37. The maximum Gasteiger partial charge on any atom is 0.196 e. The van der Waals surface area contributed by atoms with Crippen molar-refractivity contribution in [2.24, 2.45) is 21.5 Å². The molecule has 0 unspecified atom stereocenters. The van der Waals surface area contributed by atoms with Crippen LogP contribution in [0.15, 0.2) is 40.4 Å². The van der Waals surface area contributed by atoms with Crippen molar-refractivity contribution in [1.82, 2.24) is 10.2 Å². The van der Waals surface area contributed by atoms with Crippen molar-refractivity contribution in [3.8, 4) is 0 Å². The zero-order valence-corrected chi connectivity index (χ0v) is 20.2. The first kappa shape index (κ1) is 24.5. The van der Waals surface area contributed by atoms with E-state index in [1.807, 2.05) is 0 Å². The Hall–Kier alpha value is -3.63. The lowest BCUT2D eigenvalue weighted by atomic mass is 9.81. The number of aromatic nitrogens is 2. The number of H-pyrrole nitrogens is 1. The topological polar surface area (TPSA) is 164 Å². The van der Waals surface area contributed by atoms with Gasteiger partial charge in [0, 0.05) is 29.6 Å². The van der Waals surface area contributed by atoms with E-state index in [1.54, 1.807) is 30.5 Å². The number of fused-ring (bicyclic) bond motifs is 3. The van der Waals surface area contributed by atoms with Crippen LogP contribution in [0.25, 0.3) is 10.9 Å². The molecule has 1 aromatic heterocycles. The van der Waals surface area contributed by atoms with Gasteiger partial charge in [-0.1, -0.05) is 24.3 Å². The van der Waals surface area contributed by atoms with E-state index in [0.717, 1.165) is 0 Å². The number of rotatable bonds is 10. The van der Waals surface area contributed by atoms with Gasteiger partial charge in [0.15, 0.2) is 11.6 Å². The number of aliphatic imine (C=N–C) groups is 2. The van der Waals surface area contributed by atoms with Crippen LogP contribution in [0.1, 0.15) is 31.8 Å². The quantitative estimate of drug-likeness (QED) is 0.0711. The molecule has 0 bridgehead atoms. The second-order valence-electron chi connectivity index (χ2n) is 7.73. The lowest BCUT2D eigenvalue weighted by Gasteiger charge is -2.24. The second kappa shape index (κ2) is 10.7. The van der Waals surface area contributed by atoms with E-state index < -0.39 is 0 Å². The highest BCUT2D eigenvalue weighted by molar-refractivity contribution is 6.35. The molecule has 2 aromatic carbocycles. The molecule has 0 fully saturated rings. The Labute approximate surface area is 211 Å². The number of alkyl halides is 2. The second-order valence-corrected chi connectivity index (χ2v) is 8.26. The Morgan fingerprint density at radius 1 is 0.886 bits per heavy atom. The van der Waals surface area contributed by atoms with Gasteiger partial charge in [-0.2, -0.15) is 5.10 Å². The third-order valence-electron chi connectivity index (χ3n) is 5.51. The van der Waals surface area contributed by atoms with Crippen LogP contribution in [0.2, 0.25) is 0 Å². The van der Waals surface area contributed by atoms with Gasteiger partial charge < -0.3 is 22.1 Å². The summed E-state index contributed by atoms with van der Waals surface area (Å²) >= 11 is 11.4. The van der Waals surface area contributed by atoms with Crippen LogP contribution in [-0.4, -0.2) is 71.4 Å². The Kier molecular flexibility index (Phi) is 7.52. The molecule has 182 valence electrons. The first-order valence-corrected chi connectivity index (χ1v) is 11.9. The number of hydrogen-bond acceptors (Lipinski definition) is 7. The van der Waals surface area contributed by atoms with Gasteiger partial charge in [0.25, 0.3) is 0 Å². The molecular formula is C23H24Cl2N8O2. The predicted molar refractivity (Wildman–Crippen MR) is 141 cm³/mol. The summed E-state index contributed by atoms with van der Waals surface area (Å²) in [5, 5.41) is 14.3. The van der Waals surface area contributed by atoms with E-state index in [-0.39, 0.29) is 34.5 Å². The monoisotopic (exact) mass is 514 g/mol. The standard InChI is InChI=1S/C23H24Cl2N8O2/c24-9-15(26)28-5-7-30-19-14-11-32-33-20(14)21(31-8-6-29-16(27)10-25)18-17(19)22(34)12-3-1-2-4-13(12)23(18)35/h1-4,11,30-31H,5-10H2,(H2,26,28)(H2,27,29)(H,32,33). The number of nitrogens with zero attached hydrogens (tertiary/aromatic N) is 3. The van der Waals surface area contributed by atoms with Crippen LogP contribution >= 0.6 is 23.2 Å². The molecule has 0 amide bonds. The molecule has 0 aliphatic heterocycles. The molecule has 0 saturated heterocycles. The number of halogens is 2.